The van der Waals surface area contributed by atoms with Crippen molar-refractivity contribution in [2.24, 2.45) is 5.14 Å². The fourth-order valence-electron chi connectivity index (χ4n) is 3.37. The molecule has 0 unspecified atom stereocenters. The number of hydrogen-bond donors (Lipinski definition) is 2. The zero-order valence-electron chi connectivity index (χ0n) is 15.6. The van der Waals surface area contributed by atoms with Gasteiger partial charge in [-0.25, -0.2) is 9.93 Å². The summed E-state index contributed by atoms with van der Waals surface area (Å²) in [6.07, 6.45) is 1.81. The highest BCUT2D eigenvalue weighted by molar-refractivity contribution is 7.86. The number of aromatic nitrogens is 1. The van der Waals surface area contributed by atoms with Crippen molar-refractivity contribution in [3.63, 3.8) is 0 Å². The molecule has 1 aliphatic rings. The molecule has 0 aliphatic carbocycles. The summed E-state index contributed by atoms with van der Waals surface area (Å²) in [4.78, 5) is 17.9. The molecule has 11 heteroatoms. The van der Waals surface area contributed by atoms with Crippen LogP contribution in [-0.4, -0.2) is 69.2 Å². The fraction of sp³-hybridized carbons (Fsp3) is 0.412. The molecule has 1 aromatic carbocycles. The predicted octanol–water partition coefficient (Wildman–Crippen LogP) is 0.666. The molecule has 28 heavy (non-hydrogen) atoms. The van der Waals surface area contributed by atoms with Crippen LogP contribution in [0.15, 0.2) is 18.3 Å². The van der Waals surface area contributed by atoms with Gasteiger partial charge in [0.25, 0.3) is 10.2 Å². The van der Waals surface area contributed by atoms with Crippen LogP contribution in [0.5, 0.6) is 11.5 Å². The number of ether oxygens (including phenoxy) is 2. The number of fused-ring (bicyclic) bond motifs is 1. The first-order valence-corrected chi connectivity index (χ1v) is 10.1. The van der Waals surface area contributed by atoms with E-state index in [1.54, 1.807) is 12.1 Å². The van der Waals surface area contributed by atoms with Gasteiger partial charge >= 0.3 is 5.97 Å². The lowest BCUT2D eigenvalue weighted by Gasteiger charge is -2.26. The van der Waals surface area contributed by atoms with Gasteiger partial charge in [-0.2, -0.15) is 12.7 Å². The lowest BCUT2D eigenvalue weighted by atomic mass is 10.1. The van der Waals surface area contributed by atoms with Crippen molar-refractivity contribution in [1.29, 1.82) is 0 Å². The van der Waals surface area contributed by atoms with Gasteiger partial charge in [-0.05, 0) is 12.5 Å². The third-order valence-corrected chi connectivity index (χ3v) is 5.79. The van der Waals surface area contributed by atoms with Crippen molar-refractivity contribution in [1.82, 2.24) is 9.29 Å². The molecule has 2 heterocycles. The number of carboxylic acid groups (broad SMARTS) is 1. The predicted molar refractivity (Wildman–Crippen MR) is 103 cm³/mol. The molecule has 0 atom stereocenters. The van der Waals surface area contributed by atoms with E-state index >= 15 is 0 Å². The van der Waals surface area contributed by atoms with E-state index in [0.29, 0.717) is 47.6 Å². The van der Waals surface area contributed by atoms with E-state index in [9.17, 15) is 18.3 Å². The first-order chi connectivity index (χ1) is 13.3. The number of aromatic carboxylic acids is 1. The number of nitrogens with zero attached hydrogens (tertiary/aromatic N) is 3. The summed E-state index contributed by atoms with van der Waals surface area (Å²) in [5.41, 5.74) is 1.05. The zero-order chi connectivity index (χ0) is 20.5. The number of nitrogens with two attached hydrogens (primary N) is 1. The molecule has 1 fully saturated rings. The minimum atomic E-state index is -3.80. The number of anilines is 1. The Morgan fingerprint density at radius 1 is 1.14 bits per heavy atom. The van der Waals surface area contributed by atoms with Gasteiger partial charge in [-0.3, -0.25) is 4.98 Å². The number of methoxy groups -OCH3 is 2. The Labute approximate surface area is 162 Å². The molecule has 1 aromatic heterocycles. The molecule has 0 radical (unpaired) electrons. The van der Waals surface area contributed by atoms with E-state index in [0.717, 1.165) is 0 Å². The van der Waals surface area contributed by atoms with E-state index < -0.39 is 16.2 Å². The van der Waals surface area contributed by atoms with E-state index in [4.69, 9.17) is 14.6 Å². The van der Waals surface area contributed by atoms with Gasteiger partial charge in [0, 0.05) is 43.8 Å². The standard InChI is InChI=1S/C17H22N4O6S/c1-26-14-8-11-13(9-15(14)27-2)19-10-12(17(22)23)16(11)20-4-3-5-21(7-6-20)28(18,24)25/h8-10H,3-7H2,1-2H3,(H,22,23)(H2,18,24,25). The molecule has 1 aliphatic heterocycles. The molecular weight excluding hydrogens is 388 g/mol. The molecule has 0 bridgehead atoms. The highest BCUT2D eigenvalue weighted by Crippen LogP contribution is 2.38. The minimum absolute atomic E-state index is 0.0313. The monoisotopic (exact) mass is 410 g/mol. The van der Waals surface area contributed by atoms with Crippen LogP contribution >= 0.6 is 0 Å². The van der Waals surface area contributed by atoms with Gasteiger partial charge in [0.1, 0.15) is 5.56 Å². The molecule has 3 N–H and O–H groups in total. The summed E-state index contributed by atoms with van der Waals surface area (Å²) in [5, 5.41) is 15.5. The number of pyridine rings is 1. The third kappa shape index (κ3) is 3.81. The fourth-order valence-corrected chi connectivity index (χ4v) is 4.09. The first kappa shape index (κ1) is 20.1. The van der Waals surface area contributed by atoms with Crippen molar-refractivity contribution < 1.29 is 27.8 Å². The maximum atomic E-state index is 11.8. The number of benzene rings is 1. The van der Waals surface area contributed by atoms with E-state index in [1.165, 1.54) is 24.7 Å². The van der Waals surface area contributed by atoms with E-state index in [-0.39, 0.29) is 18.7 Å². The molecule has 0 saturated carbocycles. The van der Waals surface area contributed by atoms with Gasteiger partial charge in [0.2, 0.25) is 0 Å². The smallest absolute Gasteiger partial charge is 0.339 e. The maximum absolute atomic E-state index is 11.8. The summed E-state index contributed by atoms with van der Waals surface area (Å²) in [7, 11) is -0.801. The maximum Gasteiger partial charge on any atom is 0.339 e. The third-order valence-electron chi connectivity index (χ3n) is 4.71. The lowest BCUT2D eigenvalue weighted by molar-refractivity contribution is 0.0697. The van der Waals surface area contributed by atoms with Gasteiger partial charge in [0.05, 0.1) is 25.4 Å². The van der Waals surface area contributed by atoms with Crippen LogP contribution in [0.25, 0.3) is 10.9 Å². The summed E-state index contributed by atoms with van der Waals surface area (Å²) >= 11 is 0. The molecule has 10 nitrogen and oxygen atoms in total. The first-order valence-electron chi connectivity index (χ1n) is 8.57. The summed E-state index contributed by atoms with van der Waals surface area (Å²) < 4.78 is 35.2. The van der Waals surface area contributed by atoms with Crippen molar-refractivity contribution in [2.75, 3.05) is 45.3 Å². The largest absolute Gasteiger partial charge is 0.493 e. The molecule has 152 valence electrons. The highest BCUT2D eigenvalue weighted by atomic mass is 32.2. The van der Waals surface area contributed by atoms with Crippen molar-refractivity contribution >= 4 is 32.8 Å². The van der Waals surface area contributed by atoms with Crippen LogP contribution < -0.4 is 19.5 Å². The van der Waals surface area contributed by atoms with Crippen LogP contribution in [0.3, 0.4) is 0 Å². The SMILES string of the molecule is COc1cc2ncc(C(=O)O)c(N3CCCN(S(N)(=O)=O)CC3)c2cc1OC. The van der Waals surface area contributed by atoms with Gasteiger partial charge in [-0.15, -0.1) is 0 Å². The van der Waals surface area contributed by atoms with Gasteiger partial charge in [-0.1, -0.05) is 0 Å². The Morgan fingerprint density at radius 2 is 1.82 bits per heavy atom. The molecular formula is C17H22N4O6S. The Kier molecular flexibility index (Phi) is 5.59. The Morgan fingerprint density at radius 3 is 2.43 bits per heavy atom. The second-order valence-electron chi connectivity index (χ2n) is 6.33. The Bertz CT molecular complexity index is 1010. The van der Waals surface area contributed by atoms with E-state index in [1.807, 2.05) is 4.90 Å². The number of carboxylic acids is 1. The van der Waals surface area contributed by atoms with Crippen LogP contribution in [0.4, 0.5) is 5.69 Å². The van der Waals surface area contributed by atoms with Gasteiger partial charge in [0.15, 0.2) is 11.5 Å². The molecule has 1 saturated heterocycles. The summed E-state index contributed by atoms with van der Waals surface area (Å²) in [6.45, 7) is 1.21. The zero-order valence-corrected chi connectivity index (χ0v) is 16.4. The van der Waals surface area contributed by atoms with E-state index in [2.05, 4.69) is 4.98 Å². The molecule has 0 amide bonds. The summed E-state index contributed by atoms with van der Waals surface area (Å²) in [5.74, 6) is -0.193. The number of hydrogen-bond acceptors (Lipinski definition) is 7. The Hall–Kier alpha value is -2.63. The number of rotatable bonds is 5. The van der Waals surface area contributed by atoms with Gasteiger partial charge < -0.3 is 19.5 Å². The quantitative estimate of drug-likeness (QED) is 0.734. The minimum Gasteiger partial charge on any atom is -0.493 e. The summed E-state index contributed by atoms with van der Waals surface area (Å²) in [6, 6.07) is 3.36. The van der Waals surface area contributed by atoms with Crippen LogP contribution in [0.2, 0.25) is 0 Å². The van der Waals surface area contributed by atoms with Crippen molar-refractivity contribution in [2.45, 2.75) is 6.42 Å². The lowest BCUT2D eigenvalue weighted by Crippen LogP contribution is -2.39. The average molecular weight is 410 g/mol. The van der Waals surface area contributed by atoms with Crippen LogP contribution in [-0.2, 0) is 10.2 Å². The molecule has 2 aromatic rings. The molecule has 0 spiro atoms. The normalized spacial score (nSPS) is 16.0. The van der Waals surface area contributed by atoms with Crippen molar-refractivity contribution in [3.05, 3.63) is 23.9 Å². The van der Waals surface area contributed by atoms with Crippen LogP contribution in [0, 0.1) is 0 Å². The average Bonchev–Trinajstić information content (AvgIpc) is 2.91. The second-order valence-corrected chi connectivity index (χ2v) is 7.88. The highest BCUT2D eigenvalue weighted by Gasteiger charge is 2.26. The second kappa shape index (κ2) is 7.78. The topological polar surface area (TPSA) is 135 Å². The Balaban J connectivity index is 2.14. The van der Waals surface area contributed by atoms with Crippen molar-refractivity contribution in [3.8, 4) is 11.5 Å². The number of carbonyl (C=O) groups is 1. The molecule has 3 rings (SSSR count). The van der Waals surface area contributed by atoms with Crippen LogP contribution in [0.1, 0.15) is 16.8 Å².